The largest absolute Gasteiger partial charge is 0.395 e. The van der Waals surface area contributed by atoms with Crippen molar-refractivity contribution in [3.63, 3.8) is 0 Å². The lowest BCUT2D eigenvalue weighted by Gasteiger charge is -2.40. The van der Waals surface area contributed by atoms with Crippen LogP contribution in [-0.4, -0.2) is 16.7 Å². The van der Waals surface area contributed by atoms with Crippen LogP contribution in [0.4, 0.5) is 0 Å². The predicted octanol–water partition coefficient (Wildman–Crippen LogP) is 2.26. The fraction of sp³-hybridized carbons (Fsp3) is 0.500. The molecule has 0 unspecified atom stereocenters. The molecule has 1 aromatic heterocycles. The molecule has 1 heterocycles. The Morgan fingerprint density at radius 3 is 2.62 bits per heavy atom. The van der Waals surface area contributed by atoms with Gasteiger partial charge in [0, 0.05) is 11.6 Å². The number of rotatable bonds is 2. The van der Waals surface area contributed by atoms with Crippen LogP contribution in [0.5, 0.6) is 0 Å². The average Bonchev–Trinajstić information content (AvgIpc) is 2.07. The molecular formula is C10H12BrNO. The van der Waals surface area contributed by atoms with E-state index in [1.165, 1.54) is 12.0 Å². The zero-order valence-corrected chi connectivity index (χ0v) is 8.92. The van der Waals surface area contributed by atoms with Gasteiger partial charge in [0.1, 0.15) is 4.60 Å². The van der Waals surface area contributed by atoms with Gasteiger partial charge in [0.05, 0.1) is 6.61 Å². The molecule has 0 aliphatic heterocycles. The molecule has 0 spiro atoms. The monoisotopic (exact) mass is 241 g/mol. The second-order valence-corrected chi connectivity index (χ2v) is 4.47. The van der Waals surface area contributed by atoms with E-state index in [-0.39, 0.29) is 12.0 Å². The van der Waals surface area contributed by atoms with Crippen molar-refractivity contribution in [2.45, 2.75) is 24.7 Å². The lowest BCUT2D eigenvalue weighted by molar-refractivity contribution is 0.120. The second-order valence-electron chi connectivity index (χ2n) is 3.66. The number of pyridine rings is 1. The number of hydrogen-bond donors (Lipinski definition) is 1. The average molecular weight is 242 g/mol. The highest BCUT2D eigenvalue weighted by atomic mass is 79.9. The van der Waals surface area contributed by atoms with Crippen LogP contribution in [0, 0.1) is 0 Å². The van der Waals surface area contributed by atoms with Crippen LogP contribution in [0.2, 0.25) is 0 Å². The Kier molecular flexibility index (Phi) is 2.39. The predicted molar refractivity (Wildman–Crippen MR) is 54.6 cm³/mol. The molecule has 1 aliphatic rings. The SMILES string of the molecule is OCC1(c2ccc(Br)nc2)CCC1. The number of nitrogens with zero attached hydrogens (tertiary/aromatic N) is 1. The maximum atomic E-state index is 9.32. The zero-order valence-electron chi connectivity index (χ0n) is 7.33. The number of halogens is 1. The first-order valence-corrected chi connectivity index (χ1v) is 5.29. The summed E-state index contributed by atoms with van der Waals surface area (Å²) in [6.45, 7) is 0.246. The van der Waals surface area contributed by atoms with Crippen LogP contribution in [0.1, 0.15) is 24.8 Å². The van der Waals surface area contributed by atoms with E-state index >= 15 is 0 Å². The molecule has 0 aromatic carbocycles. The van der Waals surface area contributed by atoms with Crippen molar-refractivity contribution in [2.24, 2.45) is 0 Å². The van der Waals surface area contributed by atoms with Crippen molar-refractivity contribution in [2.75, 3.05) is 6.61 Å². The summed E-state index contributed by atoms with van der Waals surface area (Å²) in [5, 5.41) is 9.32. The summed E-state index contributed by atoms with van der Waals surface area (Å²) < 4.78 is 0.851. The highest BCUT2D eigenvalue weighted by molar-refractivity contribution is 9.10. The van der Waals surface area contributed by atoms with Gasteiger partial charge in [-0.15, -0.1) is 0 Å². The van der Waals surface area contributed by atoms with Gasteiger partial charge < -0.3 is 5.11 Å². The molecule has 0 bridgehead atoms. The lowest BCUT2D eigenvalue weighted by atomic mass is 9.65. The minimum Gasteiger partial charge on any atom is -0.395 e. The highest BCUT2D eigenvalue weighted by Gasteiger charge is 2.38. The van der Waals surface area contributed by atoms with Crippen molar-refractivity contribution >= 4 is 15.9 Å². The standard InChI is InChI=1S/C10H12BrNO/c11-9-3-2-8(6-12-9)10(7-13)4-1-5-10/h2-3,6,13H,1,4-5,7H2. The topological polar surface area (TPSA) is 33.1 Å². The minimum atomic E-state index is 0.0215. The molecule has 3 heteroatoms. The first-order chi connectivity index (χ1) is 6.27. The molecule has 0 amide bonds. The molecule has 0 atom stereocenters. The molecule has 13 heavy (non-hydrogen) atoms. The normalized spacial score (nSPS) is 19.5. The molecule has 1 aromatic rings. The van der Waals surface area contributed by atoms with Crippen molar-refractivity contribution < 1.29 is 5.11 Å². The lowest BCUT2D eigenvalue weighted by Crippen LogP contribution is -2.37. The van der Waals surface area contributed by atoms with Crippen molar-refractivity contribution in [3.8, 4) is 0 Å². The van der Waals surface area contributed by atoms with Crippen LogP contribution < -0.4 is 0 Å². The third kappa shape index (κ3) is 1.51. The maximum absolute atomic E-state index is 9.32. The van der Waals surface area contributed by atoms with Crippen molar-refractivity contribution in [3.05, 3.63) is 28.5 Å². The van der Waals surface area contributed by atoms with E-state index in [1.807, 2.05) is 18.3 Å². The molecule has 2 rings (SSSR count). The van der Waals surface area contributed by atoms with Crippen LogP contribution in [0.3, 0.4) is 0 Å². The quantitative estimate of drug-likeness (QED) is 0.807. The Bertz CT molecular complexity index is 287. The smallest absolute Gasteiger partial charge is 0.106 e. The first-order valence-electron chi connectivity index (χ1n) is 4.50. The summed E-state index contributed by atoms with van der Waals surface area (Å²) in [5.74, 6) is 0. The van der Waals surface area contributed by atoms with E-state index in [0.29, 0.717) is 0 Å². The summed E-state index contributed by atoms with van der Waals surface area (Å²) in [6, 6.07) is 3.98. The molecule has 1 aliphatic carbocycles. The van der Waals surface area contributed by atoms with Gasteiger partial charge in [-0.2, -0.15) is 0 Å². The Labute approximate surface area is 86.1 Å². The summed E-state index contributed by atoms with van der Waals surface area (Å²) in [4.78, 5) is 4.18. The maximum Gasteiger partial charge on any atom is 0.106 e. The van der Waals surface area contributed by atoms with E-state index in [0.717, 1.165) is 17.4 Å². The highest BCUT2D eigenvalue weighted by Crippen LogP contribution is 2.42. The zero-order chi connectivity index (χ0) is 9.31. The first kappa shape index (κ1) is 9.16. The van der Waals surface area contributed by atoms with Crippen LogP contribution in [-0.2, 0) is 5.41 Å². The number of hydrogen-bond acceptors (Lipinski definition) is 2. The van der Waals surface area contributed by atoms with Gasteiger partial charge in [0.15, 0.2) is 0 Å². The molecule has 1 saturated carbocycles. The molecule has 0 radical (unpaired) electrons. The summed E-state index contributed by atoms with van der Waals surface area (Å²) in [5.41, 5.74) is 1.19. The van der Waals surface area contributed by atoms with E-state index in [4.69, 9.17) is 0 Å². The van der Waals surface area contributed by atoms with Gasteiger partial charge in [0.2, 0.25) is 0 Å². The molecule has 1 fully saturated rings. The van der Waals surface area contributed by atoms with Gasteiger partial charge in [-0.05, 0) is 40.4 Å². The summed E-state index contributed by atoms with van der Waals surface area (Å²) in [7, 11) is 0. The molecule has 1 N–H and O–H groups in total. The molecule has 2 nitrogen and oxygen atoms in total. The van der Waals surface area contributed by atoms with E-state index in [1.54, 1.807) is 0 Å². The van der Waals surface area contributed by atoms with Crippen molar-refractivity contribution in [1.82, 2.24) is 4.98 Å². The van der Waals surface area contributed by atoms with E-state index in [9.17, 15) is 5.11 Å². The second kappa shape index (κ2) is 3.39. The molecular weight excluding hydrogens is 230 g/mol. The molecule has 70 valence electrons. The fourth-order valence-corrected chi connectivity index (χ4v) is 2.07. The van der Waals surface area contributed by atoms with Gasteiger partial charge in [-0.25, -0.2) is 4.98 Å². The van der Waals surface area contributed by atoms with Gasteiger partial charge in [-0.1, -0.05) is 12.5 Å². The van der Waals surface area contributed by atoms with Crippen LogP contribution in [0.15, 0.2) is 22.9 Å². The number of aromatic nitrogens is 1. The summed E-state index contributed by atoms with van der Waals surface area (Å²) >= 11 is 3.30. The fourth-order valence-electron chi connectivity index (χ4n) is 1.83. The number of aliphatic hydroxyl groups is 1. The van der Waals surface area contributed by atoms with Gasteiger partial charge in [-0.3, -0.25) is 0 Å². The Hall–Kier alpha value is -0.410. The van der Waals surface area contributed by atoms with Gasteiger partial charge >= 0.3 is 0 Å². The third-order valence-corrected chi connectivity index (χ3v) is 3.42. The van der Waals surface area contributed by atoms with E-state index < -0.39 is 0 Å². The minimum absolute atomic E-state index is 0.0215. The van der Waals surface area contributed by atoms with Gasteiger partial charge in [0.25, 0.3) is 0 Å². The van der Waals surface area contributed by atoms with Crippen LogP contribution >= 0.6 is 15.9 Å². The molecule has 0 saturated heterocycles. The Balaban J connectivity index is 2.28. The summed E-state index contributed by atoms with van der Waals surface area (Å²) in [6.07, 6.45) is 5.26. The Morgan fingerprint density at radius 1 is 1.46 bits per heavy atom. The third-order valence-electron chi connectivity index (χ3n) is 2.95. The van der Waals surface area contributed by atoms with E-state index in [2.05, 4.69) is 20.9 Å². The number of aliphatic hydroxyl groups excluding tert-OH is 1. The van der Waals surface area contributed by atoms with Crippen molar-refractivity contribution in [1.29, 1.82) is 0 Å². The Morgan fingerprint density at radius 2 is 2.23 bits per heavy atom. The van der Waals surface area contributed by atoms with Crippen LogP contribution in [0.25, 0.3) is 0 Å².